The molecule has 1 aromatic heterocycles. The highest BCUT2D eigenvalue weighted by Gasteiger charge is 2.27. The van der Waals surface area contributed by atoms with E-state index in [2.05, 4.69) is 10.1 Å². The Labute approximate surface area is 115 Å². The van der Waals surface area contributed by atoms with Crippen molar-refractivity contribution in [3.63, 3.8) is 0 Å². The molecule has 0 aliphatic rings. The molecule has 1 aromatic carbocycles. The maximum absolute atomic E-state index is 13.0. The van der Waals surface area contributed by atoms with Crippen LogP contribution in [-0.4, -0.2) is 10.1 Å². The van der Waals surface area contributed by atoms with Gasteiger partial charge in [0.15, 0.2) is 5.82 Å². The Bertz CT molecular complexity index is 592. The van der Waals surface area contributed by atoms with Crippen molar-refractivity contribution in [2.24, 2.45) is 11.1 Å². The summed E-state index contributed by atoms with van der Waals surface area (Å²) >= 11 is 5.94. The zero-order valence-electron chi connectivity index (χ0n) is 10.9. The summed E-state index contributed by atoms with van der Waals surface area (Å²) in [7, 11) is 0. The predicted octanol–water partition coefficient (Wildman–Crippen LogP) is 3.58. The molecule has 0 amide bonds. The van der Waals surface area contributed by atoms with Crippen molar-refractivity contribution in [1.29, 1.82) is 0 Å². The van der Waals surface area contributed by atoms with E-state index in [1.807, 2.05) is 20.8 Å². The normalized spacial score (nSPS) is 13.6. The molecule has 1 atom stereocenters. The fourth-order valence-corrected chi connectivity index (χ4v) is 1.77. The highest BCUT2D eigenvalue weighted by atomic mass is 35.5. The fourth-order valence-electron chi connectivity index (χ4n) is 1.52. The Balaban J connectivity index is 2.36. The highest BCUT2D eigenvalue weighted by Crippen LogP contribution is 2.32. The minimum Gasteiger partial charge on any atom is -0.334 e. The molecule has 0 aliphatic heterocycles. The van der Waals surface area contributed by atoms with Crippen LogP contribution in [0, 0.1) is 11.2 Å². The minimum atomic E-state index is -0.417. The van der Waals surface area contributed by atoms with E-state index in [0.29, 0.717) is 11.4 Å². The highest BCUT2D eigenvalue weighted by molar-refractivity contribution is 6.33. The summed E-state index contributed by atoms with van der Waals surface area (Å²) in [6.07, 6.45) is 0. The number of hydrogen-bond donors (Lipinski definition) is 1. The van der Waals surface area contributed by atoms with Crippen molar-refractivity contribution in [3.05, 3.63) is 34.9 Å². The largest absolute Gasteiger partial charge is 0.334 e. The van der Waals surface area contributed by atoms with Crippen LogP contribution in [0.5, 0.6) is 0 Å². The molecule has 0 saturated heterocycles. The molecule has 6 heteroatoms. The summed E-state index contributed by atoms with van der Waals surface area (Å²) in [6.45, 7) is 5.95. The third-order valence-electron chi connectivity index (χ3n) is 2.81. The molecule has 0 aliphatic carbocycles. The van der Waals surface area contributed by atoms with E-state index < -0.39 is 5.82 Å². The molecule has 102 valence electrons. The average molecular weight is 284 g/mol. The zero-order valence-corrected chi connectivity index (χ0v) is 11.7. The zero-order chi connectivity index (χ0) is 14.2. The second kappa shape index (κ2) is 4.90. The molecule has 2 N–H and O–H groups in total. The van der Waals surface area contributed by atoms with Crippen LogP contribution in [0.3, 0.4) is 0 Å². The van der Waals surface area contributed by atoms with Crippen molar-refractivity contribution < 1.29 is 8.91 Å². The number of aromatic nitrogens is 2. The van der Waals surface area contributed by atoms with Crippen LogP contribution in [0.25, 0.3) is 11.5 Å². The van der Waals surface area contributed by atoms with Gasteiger partial charge >= 0.3 is 0 Å². The van der Waals surface area contributed by atoms with Gasteiger partial charge in [-0.25, -0.2) is 4.39 Å². The molecule has 4 nitrogen and oxygen atoms in total. The third-order valence-corrected chi connectivity index (χ3v) is 3.13. The fraction of sp³-hybridized carbons (Fsp3) is 0.385. The quantitative estimate of drug-likeness (QED) is 0.915. The molecule has 19 heavy (non-hydrogen) atoms. The Morgan fingerprint density at radius 1 is 1.37 bits per heavy atom. The smallest absolute Gasteiger partial charge is 0.259 e. The summed E-state index contributed by atoms with van der Waals surface area (Å²) in [5.41, 5.74) is 6.35. The van der Waals surface area contributed by atoms with Gasteiger partial charge in [0, 0.05) is 0 Å². The van der Waals surface area contributed by atoms with Crippen LogP contribution >= 0.6 is 11.6 Å². The van der Waals surface area contributed by atoms with Gasteiger partial charge in [0.2, 0.25) is 0 Å². The van der Waals surface area contributed by atoms with Gasteiger partial charge in [0.1, 0.15) is 5.82 Å². The standard InChI is InChI=1S/C13H15ClFN3O/c1-13(2,3)10(16)11-17-12(19-18-11)8-5-4-7(15)6-9(8)14/h4-6,10H,16H2,1-3H3. The molecule has 2 rings (SSSR count). The predicted molar refractivity (Wildman–Crippen MR) is 71.1 cm³/mol. The maximum atomic E-state index is 13.0. The SMILES string of the molecule is CC(C)(C)C(N)c1noc(-c2ccc(F)cc2Cl)n1. The summed E-state index contributed by atoms with van der Waals surface area (Å²) < 4.78 is 18.1. The van der Waals surface area contributed by atoms with Gasteiger partial charge in [0.05, 0.1) is 16.6 Å². The van der Waals surface area contributed by atoms with Crippen LogP contribution in [0.2, 0.25) is 5.02 Å². The van der Waals surface area contributed by atoms with Gasteiger partial charge in [-0.15, -0.1) is 0 Å². The molecule has 2 aromatic rings. The van der Waals surface area contributed by atoms with Crippen molar-refractivity contribution in [1.82, 2.24) is 10.1 Å². The van der Waals surface area contributed by atoms with Crippen LogP contribution in [-0.2, 0) is 0 Å². The lowest BCUT2D eigenvalue weighted by Gasteiger charge is -2.23. The van der Waals surface area contributed by atoms with Gasteiger partial charge in [-0.3, -0.25) is 0 Å². The monoisotopic (exact) mass is 283 g/mol. The first-order valence-electron chi connectivity index (χ1n) is 5.83. The molecule has 0 bridgehead atoms. The van der Waals surface area contributed by atoms with Crippen molar-refractivity contribution in [3.8, 4) is 11.5 Å². The number of hydrogen-bond acceptors (Lipinski definition) is 4. The average Bonchev–Trinajstić information content (AvgIpc) is 2.75. The molecular formula is C13H15ClFN3O. The van der Waals surface area contributed by atoms with Gasteiger partial charge in [-0.05, 0) is 23.6 Å². The van der Waals surface area contributed by atoms with Crippen LogP contribution in [0.1, 0.15) is 32.6 Å². The minimum absolute atomic E-state index is 0.187. The number of benzene rings is 1. The molecule has 0 radical (unpaired) electrons. The molecule has 0 spiro atoms. The lowest BCUT2D eigenvalue weighted by molar-refractivity contribution is 0.303. The van der Waals surface area contributed by atoms with E-state index in [4.69, 9.17) is 21.9 Å². The van der Waals surface area contributed by atoms with E-state index >= 15 is 0 Å². The van der Waals surface area contributed by atoms with E-state index in [1.165, 1.54) is 18.2 Å². The number of nitrogens with two attached hydrogens (primary N) is 1. The first kappa shape index (κ1) is 14.0. The Kier molecular flexibility index (Phi) is 3.60. The van der Waals surface area contributed by atoms with E-state index in [9.17, 15) is 4.39 Å². The van der Waals surface area contributed by atoms with Gasteiger partial charge < -0.3 is 10.3 Å². The summed E-state index contributed by atoms with van der Waals surface area (Å²) in [5, 5.41) is 4.08. The van der Waals surface area contributed by atoms with Crippen molar-refractivity contribution in [2.75, 3.05) is 0 Å². The topological polar surface area (TPSA) is 64.9 Å². The van der Waals surface area contributed by atoms with Crippen LogP contribution in [0.15, 0.2) is 22.7 Å². The number of nitrogens with zero attached hydrogens (tertiary/aromatic N) is 2. The van der Waals surface area contributed by atoms with Crippen molar-refractivity contribution in [2.45, 2.75) is 26.8 Å². The third kappa shape index (κ3) is 2.93. The second-order valence-electron chi connectivity index (χ2n) is 5.43. The molecular weight excluding hydrogens is 269 g/mol. The lowest BCUT2D eigenvalue weighted by atomic mass is 9.87. The molecule has 1 heterocycles. The van der Waals surface area contributed by atoms with Gasteiger partial charge in [-0.2, -0.15) is 4.98 Å². The summed E-state index contributed by atoms with van der Waals surface area (Å²) in [6, 6.07) is 3.63. The number of halogens is 2. The molecule has 1 unspecified atom stereocenters. The summed E-state index contributed by atoms with van der Waals surface area (Å²) in [5.74, 6) is 0.225. The van der Waals surface area contributed by atoms with Crippen LogP contribution < -0.4 is 5.73 Å². The first-order chi connectivity index (χ1) is 8.79. The number of rotatable bonds is 2. The van der Waals surface area contributed by atoms with E-state index in [-0.39, 0.29) is 22.4 Å². The van der Waals surface area contributed by atoms with E-state index in [0.717, 1.165) is 0 Å². The summed E-state index contributed by atoms with van der Waals surface area (Å²) in [4.78, 5) is 4.23. The van der Waals surface area contributed by atoms with Gasteiger partial charge in [0.25, 0.3) is 5.89 Å². The Hall–Kier alpha value is -1.46. The van der Waals surface area contributed by atoms with E-state index in [1.54, 1.807) is 0 Å². The van der Waals surface area contributed by atoms with Crippen LogP contribution in [0.4, 0.5) is 4.39 Å². The van der Waals surface area contributed by atoms with Crippen molar-refractivity contribution >= 4 is 11.6 Å². The lowest BCUT2D eigenvalue weighted by Crippen LogP contribution is -2.27. The Morgan fingerprint density at radius 2 is 2.05 bits per heavy atom. The second-order valence-corrected chi connectivity index (χ2v) is 5.83. The maximum Gasteiger partial charge on any atom is 0.259 e. The van der Waals surface area contributed by atoms with Gasteiger partial charge in [-0.1, -0.05) is 37.5 Å². The first-order valence-corrected chi connectivity index (χ1v) is 6.21. The Morgan fingerprint density at radius 3 is 2.63 bits per heavy atom. The molecule has 0 saturated carbocycles. The molecule has 0 fully saturated rings.